The summed E-state index contributed by atoms with van der Waals surface area (Å²) in [6.45, 7) is 0. The molecule has 0 radical (unpaired) electrons. The molecule has 9 heteroatoms. The summed E-state index contributed by atoms with van der Waals surface area (Å²) in [4.78, 5) is 15.8. The summed E-state index contributed by atoms with van der Waals surface area (Å²) >= 11 is 12.9. The van der Waals surface area contributed by atoms with Gasteiger partial charge in [0.15, 0.2) is 0 Å². The number of aromatic nitrogens is 3. The van der Waals surface area contributed by atoms with Gasteiger partial charge in [-0.25, -0.2) is 4.79 Å². The number of benzene rings is 1. The molecule has 6 nitrogen and oxygen atoms in total. The van der Waals surface area contributed by atoms with Crippen molar-refractivity contribution in [3.8, 4) is 16.3 Å². The number of rotatable bonds is 3. The number of halogens is 2. The number of hydrogen-bond acceptors (Lipinski definition) is 6. The summed E-state index contributed by atoms with van der Waals surface area (Å²) in [6, 6.07) is 8.14. The number of nitrogens with zero attached hydrogens (tertiary/aromatic N) is 3. The van der Waals surface area contributed by atoms with Crippen LogP contribution in [0.2, 0.25) is 10.0 Å². The van der Waals surface area contributed by atoms with Crippen molar-refractivity contribution < 1.29 is 9.53 Å². The van der Waals surface area contributed by atoms with Crippen LogP contribution >= 0.6 is 34.5 Å². The van der Waals surface area contributed by atoms with Gasteiger partial charge in [0.2, 0.25) is 5.13 Å². The molecule has 1 N–H and O–H groups in total. The maximum atomic E-state index is 11.8. The maximum Gasteiger partial charge on any atom is 0.418 e. The van der Waals surface area contributed by atoms with Gasteiger partial charge in [-0.15, -0.1) is 10.2 Å². The first-order chi connectivity index (χ1) is 11.1. The van der Waals surface area contributed by atoms with Gasteiger partial charge in [0.1, 0.15) is 10.8 Å². The quantitative estimate of drug-likeness (QED) is 0.737. The van der Waals surface area contributed by atoms with Gasteiger partial charge in [-0.2, -0.15) is 0 Å². The fourth-order valence-corrected chi connectivity index (χ4v) is 2.67. The minimum absolute atomic E-state index is 0.274. The molecule has 2 heterocycles. The van der Waals surface area contributed by atoms with E-state index in [1.165, 1.54) is 23.5 Å². The molecule has 0 saturated carbocycles. The molecule has 23 heavy (non-hydrogen) atoms. The highest BCUT2D eigenvalue weighted by Crippen LogP contribution is 2.28. The van der Waals surface area contributed by atoms with Crippen molar-refractivity contribution >= 4 is 45.8 Å². The summed E-state index contributed by atoms with van der Waals surface area (Å²) in [7, 11) is 0. The number of carbonyl (C=O) groups is 1. The highest BCUT2D eigenvalue weighted by molar-refractivity contribution is 7.18. The number of amides is 1. The van der Waals surface area contributed by atoms with E-state index in [-0.39, 0.29) is 5.75 Å². The summed E-state index contributed by atoms with van der Waals surface area (Å²) < 4.78 is 5.10. The molecule has 3 aromatic rings. The average molecular weight is 367 g/mol. The Hall–Kier alpha value is -2.22. The number of anilines is 1. The average Bonchev–Trinajstić information content (AvgIpc) is 3.00. The number of nitrogens with one attached hydrogen (secondary N) is 1. The fraction of sp³-hybridized carbons (Fsp3) is 0. The van der Waals surface area contributed by atoms with Gasteiger partial charge in [-0.1, -0.05) is 34.5 Å². The smallest absolute Gasteiger partial charge is 0.410 e. The van der Waals surface area contributed by atoms with E-state index in [0.717, 1.165) is 5.56 Å². The van der Waals surface area contributed by atoms with Crippen LogP contribution in [0.15, 0.2) is 42.7 Å². The monoisotopic (exact) mass is 366 g/mol. The number of ether oxygens (including phenoxy) is 1. The van der Waals surface area contributed by atoms with E-state index in [1.54, 1.807) is 30.6 Å². The van der Waals surface area contributed by atoms with Gasteiger partial charge in [0.05, 0.1) is 10.0 Å². The van der Waals surface area contributed by atoms with Crippen LogP contribution in [0.1, 0.15) is 0 Å². The Morgan fingerprint density at radius 2 is 1.87 bits per heavy atom. The Labute approximate surface area is 145 Å². The standard InChI is InChI=1S/C14H8Cl2N4O2S/c15-10-2-1-9(7-11(10)16)22-14(21)18-13-20-19-12(23-13)8-3-5-17-6-4-8/h1-7H,(H,18,20,21). The molecule has 0 unspecified atom stereocenters. The molecule has 0 fully saturated rings. The molecule has 0 bridgehead atoms. The van der Waals surface area contributed by atoms with Gasteiger partial charge in [-0.05, 0) is 24.3 Å². The predicted octanol–water partition coefficient (Wildman–Crippen LogP) is 4.52. The van der Waals surface area contributed by atoms with E-state index < -0.39 is 6.09 Å². The van der Waals surface area contributed by atoms with Crippen LogP contribution in [0.25, 0.3) is 10.6 Å². The Kier molecular flexibility index (Phi) is 4.71. The van der Waals surface area contributed by atoms with E-state index in [4.69, 9.17) is 27.9 Å². The molecule has 0 aliphatic carbocycles. The van der Waals surface area contributed by atoms with Crippen molar-refractivity contribution in [2.45, 2.75) is 0 Å². The van der Waals surface area contributed by atoms with Crippen molar-refractivity contribution in [2.24, 2.45) is 0 Å². The third-order valence-electron chi connectivity index (χ3n) is 2.66. The lowest BCUT2D eigenvalue weighted by Gasteiger charge is -2.04. The second-order valence-electron chi connectivity index (χ2n) is 4.24. The second-order valence-corrected chi connectivity index (χ2v) is 6.03. The Morgan fingerprint density at radius 3 is 2.61 bits per heavy atom. The minimum atomic E-state index is -0.694. The molecular formula is C14H8Cl2N4O2S. The van der Waals surface area contributed by atoms with E-state index in [1.807, 2.05) is 0 Å². The van der Waals surface area contributed by atoms with E-state index >= 15 is 0 Å². The molecular weight excluding hydrogens is 359 g/mol. The van der Waals surface area contributed by atoms with E-state index in [9.17, 15) is 4.79 Å². The van der Waals surface area contributed by atoms with Crippen molar-refractivity contribution in [3.63, 3.8) is 0 Å². The van der Waals surface area contributed by atoms with Crippen LogP contribution in [-0.4, -0.2) is 21.3 Å². The zero-order chi connectivity index (χ0) is 16.2. The van der Waals surface area contributed by atoms with Gasteiger partial charge < -0.3 is 4.74 Å². The van der Waals surface area contributed by atoms with Crippen LogP contribution < -0.4 is 10.1 Å². The first kappa shape index (κ1) is 15.7. The Morgan fingerprint density at radius 1 is 1.09 bits per heavy atom. The third kappa shape index (κ3) is 3.95. The fourth-order valence-electron chi connectivity index (χ4n) is 1.65. The second kappa shape index (κ2) is 6.91. The molecule has 116 valence electrons. The molecule has 2 aromatic heterocycles. The predicted molar refractivity (Wildman–Crippen MR) is 89.2 cm³/mol. The first-order valence-corrected chi connectivity index (χ1v) is 7.87. The molecule has 0 atom stereocenters. The molecule has 1 aromatic carbocycles. The molecule has 0 aliphatic heterocycles. The number of carbonyl (C=O) groups excluding carboxylic acids is 1. The van der Waals surface area contributed by atoms with E-state index in [0.29, 0.717) is 20.2 Å². The van der Waals surface area contributed by atoms with Gasteiger partial charge in [0.25, 0.3) is 0 Å². The molecule has 1 amide bonds. The Balaban J connectivity index is 1.66. The summed E-state index contributed by atoms with van der Waals surface area (Å²) in [5, 5.41) is 12.1. The van der Waals surface area contributed by atoms with Crippen molar-refractivity contribution in [2.75, 3.05) is 5.32 Å². The lowest BCUT2D eigenvalue weighted by atomic mass is 10.3. The summed E-state index contributed by atoms with van der Waals surface area (Å²) in [5.41, 5.74) is 0.864. The zero-order valence-electron chi connectivity index (χ0n) is 11.4. The summed E-state index contributed by atoms with van der Waals surface area (Å²) in [5.74, 6) is 0.274. The minimum Gasteiger partial charge on any atom is -0.410 e. The van der Waals surface area contributed by atoms with Crippen molar-refractivity contribution in [1.82, 2.24) is 15.2 Å². The number of pyridine rings is 1. The molecule has 0 saturated heterocycles. The normalized spacial score (nSPS) is 10.3. The molecule has 0 spiro atoms. The van der Waals surface area contributed by atoms with Crippen LogP contribution in [0.4, 0.5) is 9.93 Å². The largest absolute Gasteiger partial charge is 0.418 e. The highest BCUT2D eigenvalue weighted by atomic mass is 35.5. The highest BCUT2D eigenvalue weighted by Gasteiger charge is 2.11. The summed E-state index contributed by atoms with van der Waals surface area (Å²) in [6.07, 6.45) is 2.62. The molecule has 3 rings (SSSR count). The van der Waals surface area contributed by atoms with Crippen LogP contribution in [0.5, 0.6) is 5.75 Å². The molecule has 0 aliphatic rings. The third-order valence-corrected chi connectivity index (χ3v) is 4.29. The van der Waals surface area contributed by atoms with Gasteiger partial charge in [0, 0.05) is 24.0 Å². The SMILES string of the molecule is O=C(Nc1nnc(-c2ccncc2)s1)Oc1ccc(Cl)c(Cl)c1. The lowest BCUT2D eigenvalue weighted by molar-refractivity contribution is 0.215. The Bertz CT molecular complexity index is 842. The van der Waals surface area contributed by atoms with Crippen molar-refractivity contribution in [3.05, 3.63) is 52.8 Å². The topological polar surface area (TPSA) is 77.0 Å². The van der Waals surface area contributed by atoms with Crippen LogP contribution in [-0.2, 0) is 0 Å². The van der Waals surface area contributed by atoms with Gasteiger partial charge >= 0.3 is 6.09 Å². The van der Waals surface area contributed by atoms with Crippen molar-refractivity contribution in [1.29, 1.82) is 0 Å². The lowest BCUT2D eigenvalue weighted by Crippen LogP contribution is -2.16. The van der Waals surface area contributed by atoms with E-state index in [2.05, 4.69) is 20.5 Å². The number of hydrogen-bond donors (Lipinski definition) is 1. The first-order valence-electron chi connectivity index (χ1n) is 6.29. The maximum absolute atomic E-state index is 11.8. The van der Waals surface area contributed by atoms with Crippen LogP contribution in [0, 0.1) is 0 Å². The van der Waals surface area contributed by atoms with Gasteiger partial charge in [-0.3, -0.25) is 10.3 Å². The van der Waals surface area contributed by atoms with Crippen LogP contribution in [0.3, 0.4) is 0 Å². The zero-order valence-corrected chi connectivity index (χ0v) is 13.7.